The molecule has 0 atom stereocenters. The highest BCUT2D eigenvalue weighted by Gasteiger charge is 2.12. The molecule has 0 unspecified atom stereocenters. The van der Waals surface area contributed by atoms with Crippen LogP contribution in [0.2, 0.25) is 0 Å². The van der Waals surface area contributed by atoms with Crippen LogP contribution in [0.25, 0.3) is 11.0 Å². The zero-order valence-electron chi connectivity index (χ0n) is 8.53. The molecule has 0 aliphatic rings. The number of nitrogens with zero attached hydrogens (tertiary/aromatic N) is 2. The van der Waals surface area contributed by atoms with Crippen molar-refractivity contribution in [3.05, 3.63) is 27.6 Å². The van der Waals surface area contributed by atoms with Gasteiger partial charge in [-0.3, -0.25) is 0 Å². The van der Waals surface area contributed by atoms with Gasteiger partial charge in [0.25, 0.3) is 5.52 Å². The van der Waals surface area contributed by atoms with Crippen molar-refractivity contribution < 1.29 is 4.54 Å². The summed E-state index contributed by atoms with van der Waals surface area (Å²) in [6.07, 6.45) is 2.08. The van der Waals surface area contributed by atoms with E-state index in [1.165, 1.54) is 0 Å². The van der Waals surface area contributed by atoms with Crippen LogP contribution in [0.1, 0.15) is 19.8 Å². The van der Waals surface area contributed by atoms with Gasteiger partial charge in [0, 0.05) is 10.5 Å². The fourth-order valence-electron chi connectivity index (χ4n) is 1.53. The number of aromatic nitrogens is 3. The number of benzene rings is 1. The Kier molecular flexibility index (Phi) is 2.90. The van der Waals surface area contributed by atoms with Crippen molar-refractivity contribution in [1.82, 2.24) is 9.90 Å². The minimum absolute atomic E-state index is 0.667. The van der Waals surface area contributed by atoms with Crippen LogP contribution < -0.4 is 4.54 Å². The summed E-state index contributed by atoms with van der Waals surface area (Å²) >= 11 is 3.35. The molecule has 80 valence electrons. The van der Waals surface area contributed by atoms with Gasteiger partial charge >= 0.3 is 0 Å². The van der Waals surface area contributed by atoms with Crippen LogP contribution in [-0.2, 0) is 6.54 Å². The smallest absolute Gasteiger partial charge is 0.166 e. The number of unbranched alkanes of at least 4 members (excludes halogenated alkanes) is 1. The third kappa shape index (κ3) is 1.97. The number of aromatic amines is 1. The van der Waals surface area contributed by atoms with Crippen LogP contribution in [0.5, 0.6) is 0 Å². The van der Waals surface area contributed by atoms with Crippen molar-refractivity contribution in [2.75, 3.05) is 0 Å². The molecule has 0 amide bonds. The van der Waals surface area contributed by atoms with Gasteiger partial charge in [-0.2, -0.15) is 5.10 Å². The largest absolute Gasteiger partial charge is 0.250 e. The molecule has 2 aromatic rings. The van der Waals surface area contributed by atoms with E-state index in [1.807, 2.05) is 18.2 Å². The van der Waals surface area contributed by atoms with Crippen LogP contribution in [0.3, 0.4) is 0 Å². The molecule has 0 aliphatic heterocycles. The van der Waals surface area contributed by atoms with Gasteiger partial charge in [-0.05, 0) is 28.3 Å². The Balaban J connectivity index is 2.50. The second-order valence-corrected chi connectivity index (χ2v) is 4.44. The maximum atomic E-state index is 11.8. The number of halogens is 1. The fourth-order valence-corrected chi connectivity index (χ4v) is 1.88. The lowest BCUT2D eigenvalue weighted by Crippen LogP contribution is -2.28. The van der Waals surface area contributed by atoms with Crippen molar-refractivity contribution in [2.45, 2.75) is 26.3 Å². The monoisotopic (exact) mass is 270 g/mol. The lowest BCUT2D eigenvalue weighted by Gasteiger charge is -1.89. The maximum absolute atomic E-state index is 11.8. The van der Waals surface area contributed by atoms with Gasteiger partial charge in [-0.25, -0.2) is 0 Å². The molecule has 2 rings (SSSR count). The van der Waals surface area contributed by atoms with E-state index in [-0.39, 0.29) is 0 Å². The minimum Gasteiger partial charge on any atom is -0.166 e. The van der Waals surface area contributed by atoms with E-state index in [4.69, 9.17) is 0 Å². The van der Waals surface area contributed by atoms with Gasteiger partial charge in [0.15, 0.2) is 5.52 Å². The van der Waals surface area contributed by atoms with Gasteiger partial charge in [-0.15, -0.1) is 0 Å². The van der Waals surface area contributed by atoms with Gasteiger partial charge < -0.3 is 0 Å². The van der Waals surface area contributed by atoms with Crippen molar-refractivity contribution in [3.63, 3.8) is 0 Å². The first-order chi connectivity index (χ1) is 7.22. The van der Waals surface area contributed by atoms with E-state index in [0.29, 0.717) is 5.52 Å². The second kappa shape index (κ2) is 4.18. The summed E-state index contributed by atoms with van der Waals surface area (Å²) in [5.41, 5.74) is 1.53. The molecule has 0 saturated carbocycles. The summed E-state index contributed by atoms with van der Waals surface area (Å²) in [5.74, 6) is 0. The SMILES string of the molecule is CCCCn1[nH]c2ccc(Br)cc2[n+]1=O. The highest BCUT2D eigenvalue weighted by Crippen LogP contribution is 2.14. The molecule has 5 heteroatoms. The van der Waals surface area contributed by atoms with Crippen molar-refractivity contribution >= 4 is 27.0 Å². The van der Waals surface area contributed by atoms with E-state index in [1.54, 1.807) is 4.80 Å². The Morgan fingerprint density at radius 3 is 3.07 bits per heavy atom. The van der Waals surface area contributed by atoms with E-state index in [2.05, 4.69) is 28.0 Å². The first kappa shape index (κ1) is 10.4. The number of fused-ring (bicyclic) bond motifs is 1. The average molecular weight is 271 g/mol. The molecule has 0 spiro atoms. The van der Waals surface area contributed by atoms with E-state index in [0.717, 1.165) is 33.9 Å². The molecule has 4 nitrogen and oxygen atoms in total. The topological polar surface area (TPSA) is 43.7 Å². The van der Waals surface area contributed by atoms with Crippen molar-refractivity contribution in [3.8, 4) is 0 Å². The number of H-pyrrole nitrogens is 1. The van der Waals surface area contributed by atoms with E-state index in [9.17, 15) is 4.91 Å². The van der Waals surface area contributed by atoms with Gasteiger partial charge in [-0.1, -0.05) is 29.3 Å². The highest BCUT2D eigenvalue weighted by atomic mass is 79.9. The van der Waals surface area contributed by atoms with E-state index >= 15 is 0 Å². The predicted octanol–water partition coefficient (Wildman–Crippen LogP) is 2.45. The van der Waals surface area contributed by atoms with Crippen LogP contribution in [0.15, 0.2) is 22.7 Å². The summed E-state index contributed by atoms with van der Waals surface area (Å²) in [7, 11) is 0. The van der Waals surface area contributed by atoms with Crippen LogP contribution in [-0.4, -0.2) is 9.90 Å². The number of hydrogen-bond acceptors (Lipinski definition) is 1. The Morgan fingerprint density at radius 1 is 1.53 bits per heavy atom. The lowest BCUT2D eigenvalue weighted by molar-refractivity contribution is -0.575. The Morgan fingerprint density at radius 2 is 2.33 bits per heavy atom. The molecule has 15 heavy (non-hydrogen) atoms. The van der Waals surface area contributed by atoms with Crippen molar-refractivity contribution in [2.24, 2.45) is 0 Å². The lowest BCUT2D eigenvalue weighted by atomic mass is 10.3. The molecule has 0 bridgehead atoms. The standard InChI is InChI=1S/C10H13BrN3O/c1-2-3-6-13-12-9-5-4-8(11)7-10(9)14(13)15/h4-5,7,12H,2-3,6H2,1H3/q+1. The molecule has 1 aromatic heterocycles. The number of rotatable bonds is 3. The van der Waals surface area contributed by atoms with Gasteiger partial charge in [0.1, 0.15) is 0 Å². The third-order valence-corrected chi connectivity index (χ3v) is 2.85. The quantitative estimate of drug-likeness (QED) is 0.856. The zero-order valence-corrected chi connectivity index (χ0v) is 10.1. The average Bonchev–Trinajstić information content (AvgIpc) is 2.53. The normalized spacial score (nSPS) is 11.1. The summed E-state index contributed by atoms with van der Waals surface area (Å²) in [6.45, 7) is 2.83. The number of nitrogens with one attached hydrogen (secondary N) is 1. The van der Waals surface area contributed by atoms with Gasteiger partial charge in [0.2, 0.25) is 0 Å². The summed E-state index contributed by atoms with van der Waals surface area (Å²) in [6, 6.07) is 5.64. The first-order valence-corrected chi connectivity index (χ1v) is 5.82. The Labute approximate surface area is 95.6 Å². The minimum atomic E-state index is 0.667. The van der Waals surface area contributed by atoms with Crippen molar-refractivity contribution in [1.29, 1.82) is 0 Å². The molecule has 1 heterocycles. The molecule has 0 fully saturated rings. The third-order valence-electron chi connectivity index (χ3n) is 2.36. The van der Waals surface area contributed by atoms with Crippen LogP contribution >= 0.6 is 15.9 Å². The molecule has 1 N–H and O–H groups in total. The number of aryl methyl sites for hydroxylation is 1. The molecular weight excluding hydrogens is 258 g/mol. The van der Waals surface area contributed by atoms with Crippen LogP contribution in [0, 0.1) is 4.91 Å². The first-order valence-electron chi connectivity index (χ1n) is 5.03. The maximum Gasteiger partial charge on any atom is 0.250 e. The summed E-state index contributed by atoms with van der Waals surface area (Å²) in [4.78, 5) is 13.4. The summed E-state index contributed by atoms with van der Waals surface area (Å²) < 4.78 is 1.83. The molecule has 0 saturated heterocycles. The highest BCUT2D eigenvalue weighted by molar-refractivity contribution is 9.10. The zero-order chi connectivity index (χ0) is 10.8. The Bertz CT molecular complexity index is 529. The second-order valence-electron chi connectivity index (χ2n) is 3.52. The fraction of sp³-hybridized carbons (Fsp3) is 0.400. The number of hydrogen-bond donors (Lipinski definition) is 1. The predicted molar refractivity (Wildman–Crippen MR) is 62.3 cm³/mol. The molecular formula is C10H13BrN3O+. The molecule has 0 aliphatic carbocycles. The molecule has 0 radical (unpaired) electrons. The van der Waals surface area contributed by atoms with Crippen LogP contribution in [0.4, 0.5) is 0 Å². The molecule has 1 aromatic carbocycles. The van der Waals surface area contributed by atoms with Gasteiger partial charge in [0.05, 0.1) is 11.1 Å². The Hall–Kier alpha value is -1.10. The van der Waals surface area contributed by atoms with E-state index < -0.39 is 0 Å². The summed E-state index contributed by atoms with van der Waals surface area (Å²) in [5, 5.41) is 3.07.